The topological polar surface area (TPSA) is 37.4 Å². The van der Waals surface area contributed by atoms with Crippen molar-refractivity contribution in [1.29, 1.82) is 0 Å². The Morgan fingerprint density at radius 2 is 1.40 bits per heavy atom. The smallest absolute Gasteiger partial charge is 0.265 e. The minimum Gasteiger partial charge on any atom is -0.268 e. The molecule has 2 amide bonds. The van der Waals surface area contributed by atoms with Gasteiger partial charge < -0.3 is 0 Å². The highest BCUT2D eigenvalue weighted by Crippen LogP contribution is 2.23. The number of nitrogens with zero attached hydrogens (tertiary/aromatic N) is 1. The first kappa shape index (κ1) is 12.3. The number of amides is 2. The van der Waals surface area contributed by atoms with Crippen molar-refractivity contribution >= 4 is 17.9 Å². The first-order valence-electron chi connectivity index (χ1n) is 6.08. The second-order valence-electron chi connectivity index (χ2n) is 4.36. The molecule has 0 bridgehead atoms. The molecule has 0 unspecified atom stereocenters. The molecule has 0 saturated heterocycles. The molecule has 0 radical (unpaired) electrons. The van der Waals surface area contributed by atoms with E-state index < -0.39 is 17.6 Å². The lowest BCUT2D eigenvalue weighted by Crippen LogP contribution is -2.23. The molecular weight excluding hydrogens is 257 g/mol. The third-order valence-corrected chi connectivity index (χ3v) is 3.13. The first-order chi connectivity index (χ1) is 9.68. The maximum Gasteiger partial charge on any atom is 0.265 e. The van der Waals surface area contributed by atoms with E-state index >= 15 is 0 Å². The van der Waals surface area contributed by atoms with Crippen molar-refractivity contribution in [2.24, 2.45) is 0 Å². The Morgan fingerprint density at radius 1 is 0.850 bits per heavy atom. The van der Waals surface area contributed by atoms with Crippen LogP contribution in [-0.4, -0.2) is 16.7 Å². The van der Waals surface area contributed by atoms with E-state index in [0.717, 1.165) is 4.90 Å². The van der Waals surface area contributed by atoms with Crippen LogP contribution >= 0.6 is 0 Å². The lowest BCUT2D eigenvalue weighted by atomic mass is 10.1. The van der Waals surface area contributed by atoms with Crippen molar-refractivity contribution < 1.29 is 14.0 Å². The predicted molar refractivity (Wildman–Crippen MR) is 72.4 cm³/mol. The van der Waals surface area contributed by atoms with Crippen LogP contribution in [0.4, 0.5) is 4.39 Å². The van der Waals surface area contributed by atoms with Crippen molar-refractivity contribution in [3.63, 3.8) is 0 Å². The summed E-state index contributed by atoms with van der Waals surface area (Å²) in [6.45, 7) is 0. The fourth-order valence-electron chi connectivity index (χ4n) is 2.11. The Labute approximate surface area is 115 Å². The summed E-state index contributed by atoms with van der Waals surface area (Å²) in [7, 11) is 0. The third-order valence-electron chi connectivity index (χ3n) is 3.13. The zero-order valence-corrected chi connectivity index (χ0v) is 10.4. The fourth-order valence-corrected chi connectivity index (χ4v) is 2.11. The number of hydrogen-bond donors (Lipinski definition) is 0. The van der Waals surface area contributed by atoms with Crippen LogP contribution in [0.25, 0.3) is 6.08 Å². The van der Waals surface area contributed by atoms with Crippen molar-refractivity contribution in [1.82, 2.24) is 4.90 Å². The molecule has 98 valence electrons. The van der Waals surface area contributed by atoms with Gasteiger partial charge in [0.25, 0.3) is 11.8 Å². The van der Waals surface area contributed by atoms with Crippen molar-refractivity contribution in [3.8, 4) is 0 Å². The van der Waals surface area contributed by atoms with Gasteiger partial charge >= 0.3 is 0 Å². The van der Waals surface area contributed by atoms with Gasteiger partial charge in [0.05, 0.1) is 11.1 Å². The number of imide groups is 1. The van der Waals surface area contributed by atoms with Crippen molar-refractivity contribution in [2.45, 2.75) is 0 Å². The lowest BCUT2D eigenvalue weighted by Gasteiger charge is -2.07. The average molecular weight is 267 g/mol. The molecule has 2 aromatic carbocycles. The number of hydrogen-bond acceptors (Lipinski definition) is 2. The summed E-state index contributed by atoms with van der Waals surface area (Å²) in [6.07, 6.45) is 2.72. The average Bonchev–Trinajstić information content (AvgIpc) is 2.71. The van der Waals surface area contributed by atoms with E-state index in [1.54, 1.807) is 42.5 Å². The number of carbonyl (C=O) groups is 2. The number of fused-ring (bicyclic) bond motifs is 1. The summed E-state index contributed by atoms with van der Waals surface area (Å²) in [5, 5.41) is 0. The van der Waals surface area contributed by atoms with Crippen LogP contribution < -0.4 is 0 Å². The Hall–Kier alpha value is -2.75. The van der Waals surface area contributed by atoms with Gasteiger partial charge in [0.1, 0.15) is 5.82 Å². The van der Waals surface area contributed by atoms with Gasteiger partial charge in [-0.2, -0.15) is 0 Å². The molecule has 0 aliphatic carbocycles. The van der Waals surface area contributed by atoms with Gasteiger partial charge in [-0.15, -0.1) is 0 Å². The summed E-state index contributed by atoms with van der Waals surface area (Å²) in [6, 6.07) is 12.8. The Kier molecular flexibility index (Phi) is 2.91. The highest BCUT2D eigenvalue weighted by atomic mass is 19.1. The Bertz CT molecular complexity index is 702. The molecule has 3 rings (SSSR count). The maximum absolute atomic E-state index is 13.5. The number of halogens is 1. The maximum atomic E-state index is 13.5. The van der Waals surface area contributed by atoms with E-state index in [9.17, 15) is 14.0 Å². The number of rotatable bonds is 2. The van der Waals surface area contributed by atoms with Gasteiger partial charge in [0.2, 0.25) is 0 Å². The second kappa shape index (κ2) is 4.74. The molecule has 0 spiro atoms. The minimum absolute atomic E-state index is 0.323. The van der Waals surface area contributed by atoms with E-state index in [4.69, 9.17) is 0 Å². The monoisotopic (exact) mass is 267 g/mol. The van der Waals surface area contributed by atoms with E-state index in [1.807, 2.05) is 0 Å². The Balaban J connectivity index is 1.93. The van der Waals surface area contributed by atoms with Crippen LogP contribution in [0.1, 0.15) is 26.3 Å². The molecule has 2 aromatic rings. The highest BCUT2D eigenvalue weighted by molar-refractivity contribution is 6.22. The van der Waals surface area contributed by atoms with Crippen LogP contribution in [0.15, 0.2) is 54.7 Å². The molecule has 0 fully saturated rings. The molecule has 4 heteroatoms. The molecule has 0 atom stereocenters. The zero-order chi connectivity index (χ0) is 14.1. The van der Waals surface area contributed by atoms with Gasteiger partial charge in [-0.1, -0.05) is 30.3 Å². The summed E-state index contributed by atoms with van der Waals surface area (Å²) in [5.74, 6) is -1.18. The molecule has 1 heterocycles. The van der Waals surface area contributed by atoms with E-state index in [1.165, 1.54) is 18.3 Å². The normalized spacial score (nSPS) is 14.2. The molecule has 20 heavy (non-hydrogen) atoms. The predicted octanol–water partition coefficient (Wildman–Crippen LogP) is 3.09. The molecule has 1 aliphatic rings. The lowest BCUT2D eigenvalue weighted by molar-refractivity contribution is 0.0722. The Morgan fingerprint density at radius 3 is 2.00 bits per heavy atom. The summed E-state index contributed by atoms with van der Waals surface area (Å²) in [4.78, 5) is 25.1. The first-order valence-corrected chi connectivity index (χ1v) is 6.08. The molecule has 0 saturated carbocycles. The van der Waals surface area contributed by atoms with Gasteiger partial charge in [0, 0.05) is 11.8 Å². The molecule has 0 aromatic heterocycles. The van der Waals surface area contributed by atoms with E-state index in [-0.39, 0.29) is 0 Å². The zero-order valence-electron chi connectivity index (χ0n) is 10.4. The van der Waals surface area contributed by atoms with Gasteiger partial charge in [-0.25, -0.2) is 9.29 Å². The largest absolute Gasteiger partial charge is 0.268 e. The van der Waals surface area contributed by atoms with Crippen LogP contribution in [0.5, 0.6) is 0 Å². The fraction of sp³-hybridized carbons (Fsp3) is 0. The van der Waals surface area contributed by atoms with E-state index in [0.29, 0.717) is 16.7 Å². The summed E-state index contributed by atoms with van der Waals surface area (Å²) in [5.41, 5.74) is 1.07. The second-order valence-corrected chi connectivity index (χ2v) is 4.36. The third kappa shape index (κ3) is 1.91. The SMILES string of the molecule is O=C1c2ccccc2C(=O)N1C=Cc1ccccc1F. The molecular formula is C16H10FNO2. The molecule has 3 nitrogen and oxygen atoms in total. The van der Waals surface area contributed by atoms with Gasteiger partial charge in [-0.05, 0) is 24.3 Å². The van der Waals surface area contributed by atoms with E-state index in [2.05, 4.69) is 0 Å². The number of carbonyl (C=O) groups excluding carboxylic acids is 2. The van der Waals surface area contributed by atoms with Crippen LogP contribution in [0, 0.1) is 5.82 Å². The van der Waals surface area contributed by atoms with Crippen LogP contribution in [0.3, 0.4) is 0 Å². The van der Waals surface area contributed by atoms with Gasteiger partial charge in [-0.3, -0.25) is 9.59 Å². The highest BCUT2D eigenvalue weighted by Gasteiger charge is 2.33. The molecule has 0 N–H and O–H groups in total. The quantitative estimate of drug-likeness (QED) is 0.784. The minimum atomic E-state index is -0.402. The summed E-state index contributed by atoms with van der Waals surface area (Å²) >= 11 is 0. The van der Waals surface area contributed by atoms with Crippen molar-refractivity contribution in [2.75, 3.05) is 0 Å². The van der Waals surface area contributed by atoms with Crippen LogP contribution in [0.2, 0.25) is 0 Å². The standard InChI is InChI=1S/C16H10FNO2/c17-14-8-4-1-5-11(14)9-10-18-15(19)12-6-2-3-7-13(12)16(18)20/h1-10H. The molecule has 1 aliphatic heterocycles. The van der Waals surface area contributed by atoms with Gasteiger partial charge in [0.15, 0.2) is 0 Å². The van der Waals surface area contributed by atoms with Crippen molar-refractivity contribution in [3.05, 3.63) is 77.2 Å². The number of benzene rings is 2. The van der Waals surface area contributed by atoms with Crippen LogP contribution in [-0.2, 0) is 0 Å². The summed E-state index contributed by atoms with van der Waals surface area (Å²) < 4.78 is 13.5.